The number of carbonyl (C=O) groups is 2. The van der Waals surface area contributed by atoms with Gasteiger partial charge in [-0.15, -0.1) is 0 Å². The van der Waals surface area contributed by atoms with Crippen LogP contribution in [0.2, 0.25) is 0 Å². The molecule has 35 heavy (non-hydrogen) atoms. The standard InChI is InChI=1S/C29H37NO5/c1-18-9-7-13-22(31)15-16-25(32)35-29-23(14-8-10-18)27(33)20(3)19(2)26(29)24(30-28(29)34)17-21-11-5-4-6-12-21/h4-6,8,11-12,14-16,18-19,22-24,26-27,31,33H,3,7,9-10,13,17H2,1-2H3,(H,30,34)/t18-,19-,22+,23-,24+,26+,27-,29-/m1/s1. The molecule has 0 unspecified atom stereocenters. The zero-order valence-electron chi connectivity index (χ0n) is 20.6. The van der Waals surface area contributed by atoms with E-state index in [-0.39, 0.29) is 17.9 Å². The lowest BCUT2D eigenvalue weighted by atomic mass is 9.59. The molecule has 0 aromatic heterocycles. The van der Waals surface area contributed by atoms with Gasteiger partial charge in [0, 0.05) is 18.0 Å². The largest absolute Gasteiger partial charge is 0.445 e. The maximum absolute atomic E-state index is 13.7. The molecular weight excluding hydrogens is 442 g/mol. The number of carbonyl (C=O) groups excluding carboxylic acids is 2. The van der Waals surface area contributed by atoms with Crippen LogP contribution in [0.15, 0.2) is 66.8 Å². The molecule has 3 aliphatic rings. The minimum atomic E-state index is -1.57. The summed E-state index contributed by atoms with van der Waals surface area (Å²) in [4.78, 5) is 26.8. The summed E-state index contributed by atoms with van der Waals surface area (Å²) in [6.07, 6.45) is 8.39. The van der Waals surface area contributed by atoms with Crippen LogP contribution >= 0.6 is 0 Å². The second-order valence-corrected chi connectivity index (χ2v) is 10.5. The fraction of sp³-hybridized carbons (Fsp3) is 0.517. The predicted molar refractivity (Wildman–Crippen MR) is 134 cm³/mol. The number of nitrogens with one attached hydrogen (secondary N) is 1. The molecule has 2 aliphatic heterocycles. The molecular formula is C29H37NO5. The lowest BCUT2D eigenvalue weighted by molar-refractivity contribution is -0.182. The molecule has 0 radical (unpaired) electrons. The Morgan fingerprint density at radius 3 is 2.60 bits per heavy atom. The molecule has 0 bridgehead atoms. The highest BCUT2D eigenvalue weighted by molar-refractivity contribution is 5.94. The summed E-state index contributed by atoms with van der Waals surface area (Å²) >= 11 is 0. The smallest absolute Gasteiger partial charge is 0.331 e. The van der Waals surface area contributed by atoms with Crippen molar-refractivity contribution >= 4 is 11.9 Å². The molecule has 1 aromatic rings. The second-order valence-electron chi connectivity index (χ2n) is 10.5. The van der Waals surface area contributed by atoms with E-state index in [1.165, 1.54) is 12.2 Å². The number of rotatable bonds is 2. The Morgan fingerprint density at radius 1 is 1.11 bits per heavy atom. The number of ether oxygens (including phenoxy) is 1. The first-order valence-corrected chi connectivity index (χ1v) is 12.7. The van der Waals surface area contributed by atoms with Gasteiger partial charge in [-0.3, -0.25) is 4.79 Å². The number of esters is 1. The average molecular weight is 480 g/mol. The van der Waals surface area contributed by atoms with E-state index in [2.05, 4.69) is 18.8 Å². The van der Waals surface area contributed by atoms with Gasteiger partial charge in [0.05, 0.1) is 18.1 Å². The molecule has 1 aliphatic carbocycles. The zero-order valence-corrected chi connectivity index (χ0v) is 20.6. The van der Waals surface area contributed by atoms with Gasteiger partial charge in [0.2, 0.25) is 5.60 Å². The van der Waals surface area contributed by atoms with Gasteiger partial charge in [-0.25, -0.2) is 4.79 Å². The van der Waals surface area contributed by atoms with E-state index in [0.29, 0.717) is 24.3 Å². The summed E-state index contributed by atoms with van der Waals surface area (Å²) in [5, 5.41) is 24.7. The van der Waals surface area contributed by atoms with E-state index in [1.807, 2.05) is 49.4 Å². The Balaban J connectivity index is 1.78. The molecule has 1 amide bonds. The van der Waals surface area contributed by atoms with Crippen LogP contribution < -0.4 is 5.32 Å². The molecule has 1 saturated carbocycles. The van der Waals surface area contributed by atoms with Crippen LogP contribution in [-0.2, 0) is 20.7 Å². The lowest BCUT2D eigenvalue weighted by Crippen LogP contribution is -2.61. The Labute approximate surface area is 207 Å². The van der Waals surface area contributed by atoms with Crippen molar-refractivity contribution in [1.82, 2.24) is 5.32 Å². The minimum absolute atomic E-state index is 0.262. The SMILES string of the molecule is C=C1[C@@H](C)[C@H]2[C@H](Cc3ccccc3)NC(=O)[C@]23OC(=O)C=C[C@@H](O)CCC[C@@H](C)CC=C[C@@H]3[C@@H]1O. The fourth-order valence-corrected chi connectivity index (χ4v) is 6.09. The third kappa shape index (κ3) is 5.00. The van der Waals surface area contributed by atoms with Crippen molar-refractivity contribution in [2.75, 3.05) is 0 Å². The molecule has 6 nitrogen and oxygen atoms in total. The molecule has 3 N–H and O–H groups in total. The van der Waals surface area contributed by atoms with Crippen molar-refractivity contribution in [3.8, 4) is 0 Å². The number of benzene rings is 1. The third-order valence-corrected chi connectivity index (χ3v) is 8.04. The van der Waals surface area contributed by atoms with Crippen LogP contribution in [0.25, 0.3) is 0 Å². The monoisotopic (exact) mass is 479 g/mol. The lowest BCUT2D eigenvalue weighted by Gasteiger charge is -2.49. The van der Waals surface area contributed by atoms with Crippen LogP contribution in [0.5, 0.6) is 0 Å². The summed E-state index contributed by atoms with van der Waals surface area (Å²) in [6, 6.07) is 9.59. The number of allylic oxidation sites excluding steroid dienone is 1. The summed E-state index contributed by atoms with van der Waals surface area (Å²) in [7, 11) is 0. The van der Waals surface area contributed by atoms with Crippen LogP contribution in [0.1, 0.15) is 45.1 Å². The number of hydrogen-bond donors (Lipinski definition) is 3. The van der Waals surface area contributed by atoms with Crippen molar-refractivity contribution in [1.29, 1.82) is 0 Å². The second kappa shape index (κ2) is 10.5. The molecule has 2 fully saturated rings. The topological polar surface area (TPSA) is 95.9 Å². The van der Waals surface area contributed by atoms with Gasteiger partial charge in [-0.2, -0.15) is 0 Å². The van der Waals surface area contributed by atoms with E-state index in [4.69, 9.17) is 4.74 Å². The van der Waals surface area contributed by atoms with Gasteiger partial charge >= 0.3 is 5.97 Å². The van der Waals surface area contributed by atoms with Crippen LogP contribution in [0.3, 0.4) is 0 Å². The normalized spacial score (nSPS) is 38.2. The van der Waals surface area contributed by atoms with Crippen molar-refractivity contribution in [3.05, 3.63) is 72.4 Å². The van der Waals surface area contributed by atoms with Crippen molar-refractivity contribution in [2.45, 2.75) is 69.8 Å². The molecule has 2 heterocycles. The zero-order chi connectivity index (χ0) is 25.2. The fourth-order valence-electron chi connectivity index (χ4n) is 6.09. The van der Waals surface area contributed by atoms with Gasteiger partial charge in [0.1, 0.15) is 0 Å². The Morgan fingerprint density at radius 2 is 1.86 bits per heavy atom. The highest BCUT2D eigenvalue weighted by Crippen LogP contribution is 2.52. The molecule has 6 heteroatoms. The van der Waals surface area contributed by atoms with E-state index in [0.717, 1.165) is 24.8 Å². The van der Waals surface area contributed by atoms with Crippen molar-refractivity contribution in [2.24, 2.45) is 23.7 Å². The van der Waals surface area contributed by atoms with Crippen molar-refractivity contribution in [3.63, 3.8) is 0 Å². The Kier molecular flexibility index (Phi) is 7.62. The van der Waals surface area contributed by atoms with E-state index < -0.39 is 35.6 Å². The van der Waals surface area contributed by atoms with Gasteiger partial charge < -0.3 is 20.3 Å². The van der Waals surface area contributed by atoms with E-state index in [9.17, 15) is 19.8 Å². The first-order chi connectivity index (χ1) is 16.7. The van der Waals surface area contributed by atoms with Gasteiger partial charge in [-0.1, -0.05) is 75.8 Å². The van der Waals surface area contributed by atoms with Gasteiger partial charge in [0.15, 0.2) is 0 Å². The molecule has 1 aromatic carbocycles. The van der Waals surface area contributed by atoms with E-state index >= 15 is 0 Å². The third-order valence-electron chi connectivity index (χ3n) is 8.04. The Hall–Kier alpha value is -2.70. The highest BCUT2D eigenvalue weighted by atomic mass is 16.6. The molecule has 8 atom stereocenters. The number of hydrogen-bond acceptors (Lipinski definition) is 5. The van der Waals surface area contributed by atoms with Crippen LogP contribution in [0.4, 0.5) is 0 Å². The number of aliphatic hydroxyl groups is 2. The maximum Gasteiger partial charge on any atom is 0.331 e. The van der Waals surface area contributed by atoms with Crippen LogP contribution in [-0.4, -0.2) is 45.9 Å². The molecule has 188 valence electrons. The van der Waals surface area contributed by atoms with Crippen molar-refractivity contribution < 1.29 is 24.5 Å². The van der Waals surface area contributed by atoms with E-state index in [1.54, 1.807) is 0 Å². The van der Waals surface area contributed by atoms with Gasteiger partial charge in [0.25, 0.3) is 5.91 Å². The molecule has 4 rings (SSSR count). The number of aliphatic hydroxyl groups excluding tert-OH is 2. The summed E-state index contributed by atoms with van der Waals surface area (Å²) in [5.41, 5.74) is 0.136. The van der Waals surface area contributed by atoms with Gasteiger partial charge in [-0.05, 0) is 48.3 Å². The minimum Gasteiger partial charge on any atom is -0.445 e. The van der Waals surface area contributed by atoms with Crippen LogP contribution in [0, 0.1) is 23.7 Å². The molecule has 1 saturated heterocycles. The highest BCUT2D eigenvalue weighted by Gasteiger charge is 2.67. The Bertz CT molecular complexity index is 1000. The summed E-state index contributed by atoms with van der Waals surface area (Å²) in [6.45, 7) is 8.27. The first-order valence-electron chi connectivity index (χ1n) is 12.7. The quantitative estimate of drug-likeness (QED) is 0.446. The number of amides is 1. The first kappa shape index (κ1) is 25.4. The predicted octanol–water partition coefficient (Wildman–Crippen LogP) is 3.49. The summed E-state index contributed by atoms with van der Waals surface area (Å²) in [5.74, 6) is -2.13. The average Bonchev–Trinajstić information content (AvgIpc) is 3.09. The summed E-state index contributed by atoms with van der Waals surface area (Å²) < 4.78 is 6.05. The maximum atomic E-state index is 13.7. The molecule has 1 spiro atoms.